The Morgan fingerprint density at radius 3 is 2.36 bits per heavy atom. The topological polar surface area (TPSA) is 58.2 Å². The zero-order valence-electron chi connectivity index (χ0n) is 11.4. The minimum atomic E-state index is -0.684. The van der Waals surface area contributed by atoms with E-state index in [2.05, 4.69) is 26.6 Å². The number of benzene rings is 2. The molecular formula is C15H11BrF2N2O2. The highest BCUT2D eigenvalue weighted by Crippen LogP contribution is 2.21. The molecular weight excluding hydrogens is 358 g/mol. The molecule has 0 bridgehead atoms. The van der Waals surface area contributed by atoms with Crippen molar-refractivity contribution in [2.75, 3.05) is 10.6 Å². The zero-order valence-corrected chi connectivity index (χ0v) is 13.0. The molecule has 4 nitrogen and oxygen atoms in total. The van der Waals surface area contributed by atoms with Gasteiger partial charge >= 0.3 is 0 Å². The smallest absolute Gasteiger partial charge is 0.258 e. The first-order chi connectivity index (χ1) is 10.4. The number of amides is 2. The fraction of sp³-hybridized carbons (Fsp3) is 0.0667. The van der Waals surface area contributed by atoms with E-state index in [1.54, 1.807) is 0 Å². The molecule has 2 rings (SSSR count). The first kappa shape index (κ1) is 16.1. The van der Waals surface area contributed by atoms with Crippen LogP contribution in [0.4, 0.5) is 20.2 Å². The third kappa shape index (κ3) is 3.88. The summed E-state index contributed by atoms with van der Waals surface area (Å²) in [7, 11) is 0. The van der Waals surface area contributed by atoms with Gasteiger partial charge in [0.05, 0.1) is 11.3 Å². The van der Waals surface area contributed by atoms with E-state index >= 15 is 0 Å². The normalized spacial score (nSPS) is 10.2. The Bertz CT molecular complexity index is 750. The quantitative estimate of drug-likeness (QED) is 0.861. The van der Waals surface area contributed by atoms with Gasteiger partial charge in [0.25, 0.3) is 5.91 Å². The lowest BCUT2D eigenvalue weighted by Gasteiger charge is -2.09. The van der Waals surface area contributed by atoms with Gasteiger partial charge in [0.2, 0.25) is 5.91 Å². The number of carbonyl (C=O) groups excluding carboxylic acids is 2. The Hall–Kier alpha value is -2.28. The summed E-state index contributed by atoms with van der Waals surface area (Å²) < 4.78 is 27.7. The van der Waals surface area contributed by atoms with E-state index in [9.17, 15) is 18.4 Å². The van der Waals surface area contributed by atoms with Crippen molar-refractivity contribution in [3.8, 4) is 0 Å². The van der Waals surface area contributed by atoms with Crippen LogP contribution in [0.15, 0.2) is 40.9 Å². The van der Waals surface area contributed by atoms with Gasteiger partial charge in [-0.1, -0.05) is 15.9 Å². The number of hydrogen-bond donors (Lipinski definition) is 2. The summed E-state index contributed by atoms with van der Waals surface area (Å²) in [5.74, 6) is -2.44. The van der Waals surface area contributed by atoms with Crippen molar-refractivity contribution in [3.63, 3.8) is 0 Å². The van der Waals surface area contributed by atoms with Crippen LogP contribution in [0.5, 0.6) is 0 Å². The molecule has 0 aromatic heterocycles. The number of nitrogens with one attached hydrogen (secondary N) is 2. The fourth-order valence-corrected chi connectivity index (χ4v) is 2.09. The number of anilines is 2. The second kappa shape index (κ2) is 6.65. The Morgan fingerprint density at radius 2 is 1.73 bits per heavy atom. The van der Waals surface area contributed by atoms with Gasteiger partial charge in [-0.05, 0) is 36.4 Å². The standard InChI is InChI=1S/C15H11BrF2N2O2/c1-8(21)19-14-7-10(3-5-12(14)17)20-15(22)11-4-2-9(16)6-13(11)18/h2-7H,1H3,(H,19,21)(H,20,22). The van der Waals surface area contributed by atoms with Gasteiger partial charge < -0.3 is 10.6 Å². The Labute approximate surface area is 133 Å². The highest BCUT2D eigenvalue weighted by molar-refractivity contribution is 9.10. The van der Waals surface area contributed by atoms with Crippen LogP contribution in [0.25, 0.3) is 0 Å². The molecule has 2 aromatic carbocycles. The van der Waals surface area contributed by atoms with Crippen LogP contribution in [-0.2, 0) is 4.79 Å². The van der Waals surface area contributed by atoms with Crippen LogP contribution in [0.1, 0.15) is 17.3 Å². The van der Waals surface area contributed by atoms with Crippen LogP contribution >= 0.6 is 15.9 Å². The van der Waals surface area contributed by atoms with Gasteiger partial charge in [-0.3, -0.25) is 9.59 Å². The van der Waals surface area contributed by atoms with Crippen molar-refractivity contribution in [3.05, 3.63) is 58.1 Å². The van der Waals surface area contributed by atoms with Crippen LogP contribution in [0, 0.1) is 11.6 Å². The molecule has 0 aliphatic carbocycles. The van der Waals surface area contributed by atoms with Crippen LogP contribution in [0.2, 0.25) is 0 Å². The summed E-state index contributed by atoms with van der Waals surface area (Å²) in [5, 5.41) is 4.75. The molecule has 2 amide bonds. The lowest BCUT2D eigenvalue weighted by Crippen LogP contribution is -2.14. The molecule has 0 radical (unpaired) electrons. The van der Waals surface area contributed by atoms with Crippen LogP contribution in [0.3, 0.4) is 0 Å². The molecule has 0 heterocycles. The minimum absolute atomic E-state index is 0.0680. The largest absolute Gasteiger partial charge is 0.324 e. The molecule has 0 atom stereocenters. The maximum absolute atomic E-state index is 13.7. The molecule has 0 aliphatic rings. The molecule has 0 unspecified atom stereocenters. The molecule has 7 heteroatoms. The number of carbonyl (C=O) groups is 2. The summed E-state index contributed by atoms with van der Waals surface area (Å²) in [6.45, 7) is 1.24. The van der Waals surface area contributed by atoms with Gasteiger partial charge in [0.1, 0.15) is 11.6 Å². The second-order valence-corrected chi connectivity index (χ2v) is 5.37. The molecule has 0 fully saturated rings. The van der Waals surface area contributed by atoms with Crippen molar-refractivity contribution in [1.82, 2.24) is 0 Å². The summed E-state index contributed by atoms with van der Waals surface area (Å²) in [5.41, 5.74) is 0.0210. The molecule has 2 aromatic rings. The molecule has 2 N–H and O–H groups in total. The van der Waals surface area contributed by atoms with Crippen molar-refractivity contribution in [2.24, 2.45) is 0 Å². The van der Waals surface area contributed by atoms with Crippen molar-refractivity contribution in [2.45, 2.75) is 6.92 Å². The summed E-state index contributed by atoms with van der Waals surface area (Å²) >= 11 is 3.10. The van der Waals surface area contributed by atoms with Crippen LogP contribution < -0.4 is 10.6 Å². The van der Waals surface area contributed by atoms with Crippen molar-refractivity contribution >= 4 is 39.1 Å². The van der Waals surface area contributed by atoms with Gasteiger partial charge in [-0.2, -0.15) is 0 Å². The molecule has 22 heavy (non-hydrogen) atoms. The minimum Gasteiger partial charge on any atom is -0.324 e. The van der Waals surface area contributed by atoms with E-state index < -0.39 is 23.4 Å². The lowest BCUT2D eigenvalue weighted by atomic mass is 10.2. The van der Waals surface area contributed by atoms with E-state index in [1.165, 1.54) is 37.3 Å². The first-order valence-electron chi connectivity index (χ1n) is 6.20. The summed E-state index contributed by atoms with van der Waals surface area (Å²) in [6, 6.07) is 7.69. The molecule has 0 aliphatic heterocycles. The van der Waals surface area contributed by atoms with E-state index in [0.717, 1.165) is 6.07 Å². The number of rotatable bonds is 3. The molecule has 0 spiro atoms. The third-order valence-electron chi connectivity index (χ3n) is 2.71. The highest BCUT2D eigenvalue weighted by Gasteiger charge is 2.13. The zero-order chi connectivity index (χ0) is 16.3. The average molecular weight is 369 g/mol. The SMILES string of the molecule is CC(=O)Nc1cc(NC(=O)c2ccc(Br)cc2F)ccc1F. The van der Waals surface area contributed by atoms with Crippen LogP contribution in [-0.4, -0.2) is 11.8 Å². The summed E-state index contributed by atoms with van der Waals surface area (Å²) in [4.78, 5) is 23.0. The van der Waals surface area contributed by atoms with Gasteiger partial charge in [-0.25, -0.2) is 8.78 Å². The van der Waals surface area contributed by atoms with Crippen molar-refractivity contribution in [1.29, 1.82) is 0 Å². The first-order valence-corrected chi connectivity index (χ1v) is 6.99. The van der Waals surface area contributed by atoms with Gasteiger partial charge in [-0.15, -0.1) is 0 Å². The van der Waals surface area contributed by atoms with Crippen molar-refractivity contribution < 1.29 is 18.4 Å². The highest BCUT2D eigenvalue weighted by atomic mass is 79.9. The Balaban J connectivity index is 2.23. The Kier molecular flexibility index (Phi) is 4.87. The van der Waals surface area contributed by atoms with E-state index in [0.29, 0.717) is 4.47 Å². The molecule has 0 saturated heterocycles. The fourth-order valence-electron chi connectivity index (χ4n) is 1.76. The van der Waals surface area contributed by atoms with E-state index in [1.807, 2.05) is 0 Å². The maximum Gasteiger partial charge on any atom is 0.258 e. The van der Waals surface area contributed by atoms with E-state index in [-0.39, 0.29) is 16.9 Å². The molecule has 0 saturated carbocycles. The third-order valence-corrected chi connectivity index (χ3v) is 3.20. The number of hydrogen-bond acceptors (Lipinski definition) is 2. The monoisotopic (exact) mass is 368 g/mol. The van der Waals surface area contributed by atoms with Gasteiger partial charge in [0.15, 0.2) is 0 Å². The average Bonchev–Trinajstić information content (AvgIpc) is 2.41. The molecule has 114 valence electrons. The predicted octanol–water partition coefficient (Wildman–Crippen LogP) is 3.94. The summed E-state index contributed by atoms with van der Waals surface area (Å²) in [6.07, 6.45) is 0. The number of halogens is 3. The van der Waals surface area contributed by atoms with E-state index in [4.69, 9.17) is 0 Å². The van der Waals surface area contributed by atoms with Gasteiger partial charge in [0, 0.05) is 17.1 Å². The second-order valence-electron chi connectivity index (χ2n) is 4.45. The maximum atomic E-state index is 13.7. The lowest BCUT2D eigenvalue weighted by molar-refractivity contribution is -0.114. The predicted molar refractivity (Wildman–Crippen MR) is 82.8 cm³/mol. The Morgan fingerprint density at radius 1 is 1.00 bits per heavy atom.